The number of thiophene rings is 4. The maximum atomic E-state index is 5.04. The monoisotopic (exact) mass is 1930 g/mol. The summed E-state index contributed by atoms with van der Waals surface area (Å²) in [4.78, 5) is 35.5. The highest BCUT2D eigenvalue weighted by molar-refractivity contribution is 7.18. The third kappa shape index (κ3) is 17.3. The molecule has 0 radical (unpaired) electrons. The minimum Gasteiger partial charge on any atom is -0.366 e. The van der Waals surface area contributed by atoms with Gasteiger partial charge < -0.3 is 24.3 Å². The number of para-hydroxylation sites is 7. The number of nitrogens with zero attached hydrogens (tertiary/aromatic N) is 10. The van der Waals surface area contributed by atoms with Gasteiger partial charge in [0.1, 0.15) is 5.82 Å². The summed E-state index contributed by atoms with van der Waals surface area (Å²) in [5, 5.41) is 27.4. The Morgan fingerprint density at radius 3 is 1.02 bits per heavy atom. The molecule has 145 heavy (non-hydrogen) atoms. The van der Waals surface area contributed by atoms with Crippen LogP contribution in [-0.4, -0.2) is 55.3 Å². The van der Waals surface area contributed by atoms with E-state index in [0.29, 0.717) is 23.3 Å². The van der Waals surface area contributed by atoms with Crippen LogP contribution in [0.1, 0.15) is 0 Å². The predicted molar refractivity (Wildman–Crippen MR) is 614 cm³/mol. The van der Waals surface area contributed by atoms with Crippen molar-refractivity contribution in [1.29, 1.82) is 0 Å². The molecule has 12 heterocycles. The summed E-state index contributed by atoms with van der Waals surface area (Å²) in [6.45, 7) is 0.851. The number of H-pyrrole nitrogens is 1. The second-order valence-corrected chi connectivity index (χ2v) is 39.1. The van der Waals surface area contributed by atoms with Gasteiger partial charge in [0.05, 0.1) is 73.7 Å². The third-order valence-electron chi connectivity index (χ3n) is 26.6. The maximum absolute atomic E-state index is 5.04. The Bertz CT molecular complexity index is 9250. The lowest BCUT2D eigenvalue weighted by molar-refractivity contribution is 1.07. The molecular formula is C129H88N12S4. The Balaban J connectivity index is 0.0000000974. The van der Waals surface area contributed by atoms with Crippen molar-refractivity contribution in [2.24, 2.45) is 0 Å². The number of pyridine rings is 1. The molecule has 0 aliphatic carbocycles. The van der Waals surface area contributed by atoms with Crippen LogP contribution >= 0.6 is 45.3 Å². The Morgan fingerprint density at radius 2 is 0.559 bits per heavy atom. The van der Waals surface area contributed by atoms with E-state index in [-0.39, 0.29) is 0 Å². The number of aromatic amines is 1. The topological polar surface area (TPSA) is 123 Å². The molecule has 0 saturated heterocycles. The number of benzene rings is 18. The zero-order valence-electron chi connectivity index (χ0n) is 78.3. The van der Waals surface area contributed by atoms with Crippen LogP contribution in [0.3, 0.4) is 0 Å². The molecule has 2 N–H and O–H groups in total. The van der Waals surface area contributed by atoms with Crippen molar-refractivity contribution >= 4 is 190 Å². The number of rotatable bonds is 11. The van der Waals surface area contributed by atoms with Crippen molar-refractivity contribution in [3.8, 4) is 96.5 Å². The van der Waals surface area contributed by atoms with Gasteiger partial charge in [-0.15, -0.1) is 45.3 Å². The molecule has 0 bridgehead atoms. The van der Waals surface area contributed by atoms with Gasteiger partial charge in [0, 0.05) is 145 Å². The van der Waals surface area contributed by atoms with E-state index in [2.05, 4.69) is 390 Å². The summed E-state index contributed by atoms with van der Waals surface area (Å²) in [5.41, 5.74) is 25.7. The summed E-state index contributed by atoms with van der Waals surface area (Å²) >= 11 is 7.14. The van der Waals surface area contributed by atoms with Gasteiger partial charge >= 0.3 is 0 Å². The third-order valence-corrected chi connectivity index (χ3v) is 30.2. The zero-order valence-corrected chi connectivity index (χ0v) is 81.6. The van der Waals surface area contributed by atoms with Gasteiger partial charge in [0.2, 0.25) is 0 Å². The summed E-state index contributed by atoms with van der Waals surface area (Å²) in [6, 6.07) is 169. The number of aromatic nitrogens is 10. The highest BCUT2D eigenvalue weighted by atomic mass is 32.1. The van der Waals surface area contributed by atoms with E-state index in [1.807, 2.05) is 146 Å². The average Bonchev–Trinajstić information content (AvgIpc) is 1.58. The summed E-state index contributed by atoms with van der Waals surface area (Å²) < 4.78 is 12.3. The van der Waals surface area contributed by atoms with E-state index in [4.69, 9.17) is 29.9 Å². The van der Waals surface area contributed by atoms with Crippen LogP contribution in [0.2, 0.25) is 0 Å². The lowest BCUT2D eigenvalue weighted by Crippen LogP contribution is -2.15. The molecule has 30 rings (SSSR count). The van der Waals surface area contributed by atoms with Crippen molar-refractivity contribution in [1.82, 2.24) is 48.6 Å². The van der Waals surface area contributed by atoms with Crippen LogP contribution in [-0.2, 0) is 0 Å². The number of hydrogen-bond donors (Lipinski definition) is 2. The fourth-order valence-corrected chi connectivity index (χ4v) is 23.0. The quantitative estimate of drug-likeness (QED) is 0.131. The number of anilines is 3. The first-order valence-corrected chi connectivity index (χ1v) is 51.8. The molecule has 688 valence electrons. The SMILES string of the molecule is c1ccc(-c2cc(-c3ccccc3)nc(-c3ccc(-n4c5ccccc5c5ccc6sccc6c54)cc3)n2)cc1.c1ccc(-c2cccc(-n3c4ccccc4c4ccc5sccc5c43)n2)cc1.c1ccc(-c2nc(-c3ccccc3)nc(-c3ccc(-n4c5ccccc5c5ccc6sccc6c54)cc3)n2)cc1.c1ccc(N2CNc3ccccc32)cc1.c1ccc2c(c1)[nH]c1c3ccsc3ccc21.c1ccccc1. The lowest BCUT2D eigenvalue weighted by atomic mass is 10.1. The van der Waals surface area contributed by atoms with Crippen LogP contribution in [0, 0.1) is 0 Å². The second-order valence-electron chi connectivity index (χ2n) is 35.3. The van der Waals surface area contributed by atoms with Crippen LogP contribution in [0.25, 0.3) is 224 Å². The van der Waals surface area contributed by atoms with Crippen molar-refractivity contribution in [3.05, 3.63) is 507 Å². The van der Waals surface area contributed by atoms with Crippen LogP contribution in [0.15, 0.2) is 507 Å². The van der Waals surface area contributed by atoms with Gasteiger partial charge in [-0.3, -0.25) is 4.57 Å². The second kappa shape index (κ2) is 39.5. The molecule has 11 aromatic heterocycles. The molecule has 0 fully saturated rings. The Labute approximate surface area is 852 Å². The van der Waals surface area contributed by atoms with Gasteiger partial charge in [0.25, 0.3) is 0 Å². The average molecular weight is 1930 g/mol. The first-order valence-electron chi connectivity index (χ1n) is 48.3. The largest absolute Gasteiger partial charge is 0.366 e. The van der Waals surface area contributed by atoms with E-state index in [9.17, 15) is 0 Å². The van der Waals surface area contributed by atoms with E-state index in [1.165, 1.54) is 145 Å². The fourth-order valence-electron chi connectivity index (χ4n) is 19.8. The molecule has 1 aliphatic rings. The van der Waals surface area contributed by atoms with Gasteiger partial charge in [-0.2, -0.15) is 0 Å². The molecule has 0 spiro atoms. The molecule has 16 heteroatoms. The molecule has 0 amide bonds. The minimum absolute atomic E-state index is 0.654. The van der Waals surface area contributed by atoms with Crippen molar-refractivity contribution in [2.75, 3.05) is 16.9 Å². The maximum Gasteiger partial charge on any atom is 0.164 e. The molecule has 12 nitrogen and oxygen atoms in total. The molecular weight excluding hydrogens is 1850 g/mol. The van der Waals surface area contributed by atoms with Gasteiger partial charge in [-0.05, 0) is 185 Å². The highest BCUT2D eigenvalue weighted by Gasteiger charge is 2.24. The molecule has 1 aliphatic heterocycles. The standard InChI is InChI=1S/C36H23N3S.C35H22N4S.C25H16N2S.C14H9NS.C13H12N2.C6H6/c1-3-9-24(10-4-1)31-23-32(25-11-5-2-6-12-25)38-36(37-31)26-15-17-27(18-16-26)39-33-14-8-7-13-28(33)29-19-20-34-30(35(29)39)21-22-40-34;1-3-9-23(10-4-1)33-36-34(24-11-5-2-6-12-24)38-35(37-33)25-15-17-26(18-16-25)39-30-14-8-7-13-27(30)28-19-20-31-29(32(28)39)21-22-40-31;1-2-7-17(8-3-1)21-10-6-12-24(26-21)27-22-11-5-4-9-18(22)19-13-14-23-20(25(19)27)15-16-28-23;1-2-4-12-9(3-1)10-5-6-13-11(7-8-16-13)14(10)15-12;1-2-6-11(7-3-1)15-10-14-12-8-4-5-9-13(12)15;1-2-4-6-5-3-1/h1-23H;1-22H;1-16H;1-8,15H;1-9,14H,10H2;1-6H. The summed E-state index contributed by atoms with van der Waals surface area (Å²) in [7, 11) is 0. The van der Waals surface area contributed by atoms with Crippen LogP contribution in [0.5, 0.6) is 0 Å². The van der Waals surface area contributed by atoms with E-state index >= 15 is 0 Å². The first-order chi connectivity index (χ1) is 71.9. The molecule has 29 aromatic rings. The molecule has 0 saturated carbocycles. The van der Waals surface area contributed by atoms with Crippen molar-refractivity contribution < 1.29 is 0 Å². The number of hydrogen-bond acceptors (Lipinski definition) is 12. The van der Waals surface area contributed by atoms with Crippen molar-refractivity contribution in [2.45, 2.75) is 0 Å². The molecule has 0 atom stereocenters. The van der Waals surface area contributed by atoms with Gasteiger partial charge in [-0.25, -0.2) is 29.9 Å². The van der Waals surface area contributed by atoms with E-state index in [0.717, 1.165) is 79.9 Å². The predicted octanol–water partition coefficient (Wildman–Crippen LogP) is 35.5. The minimum atomic E-state index is 0.654. The number of fused-ring (bicyclic) bond motifs is 21. The van der Waals surface area contributed by atoms with Gasteiger partial charge in [0.15, 0.2) is 23.3 Å². The van der Waals surface area contributed by atoms with Crippen molar-refractivity contribution in [3.63, 3.8) is 0 Å². The van der Waals surface area contributed by atoms with E-state index < -0.39 is 0 Å². The molecule has 18 aromatic carbocycles. The highest BCUT2D eigenvalue weighted by Crippen LogP contribution is 2.45. The zero-order chi connectivity index (χ0) is 96.3. The number of nitrogens with one attached hydrogen (secondary N) is 2. The lowest BCUT2D eigenvalue weighted by Gasteiger charge is -2.17. The Morgan fingerprint density at radius 1 is 0.214 bits per heavy atom. The summed E-state index contributed by atoms with van der Waals surface area (Å²) in [5.74, 6) is 3.65. The van der Waals surface area contributed by atoms with Crippen LogP contribution < -0.4 is 10.2 Å². The Kier molecular flexibility index (Phi) is 24.0. The summed E-state index contributed by atoms with van der Waals surface area (Å²) in [6.07, 6.45) is 0. The first kappa shape index (κ1) is 88.3. The molecule has 0 unspecified atom stereocenters. The smallest absolute Gasteiger partial charge is 0.164 e. The normalized spacial score (nSPS) is 11.6. The van der Waals surface area contributed by atoms with Crippen LogP contribution in [0.4, 0.5) is 17.1 Å². The fraction of sp³-hybridized carbons (Fsp3) is 0.00775. The van der Waals surface area contributed by atoms with Gasteiger partial charge in [-0.1, -0.05) is 322 Å². The Hall–Kier alpha value is -18.2. The van der Waals surface area contributed by atoms with E-state index in [1.54, 1.807) is 45.3 Å².